The van der Waals surface area contributed by atoms with E-state index in [1.807, 2.05) is 44.2 Å². The van der Waals surface area contributed by atoms with Crippen LogP contribution in [0, 0.1) is 0 Å². The van der Waals surface area contributed by atoms with Gasteiger partial charge in [0.05, 0.1) is 19.8 Å². The van der Waals surface area contributed by atoms with Crippen molar-refractivity contribution in [1.82, 2.24) is 9.97 Å². The molecule has 0 aliphatic rings. The third-order valence-electron chi connectivity index (χ3n) is 5.84. The summed E-state index contributed by atoms with van der Waals surface area (Å²) in [6, 6.07) is 14.5. The minimum Gasteiger partial charge on any atom is -0.477 e. The number of carboxylic acid groups (broad SMARTS) is 1. The molecule has 0 saturated heterocycles. The number of rotatable bonds is 11. The Morgan fingerprint density at radius 1 is 0.725 bits per heavy atom. The highest BCUT2D eigenvalue weighted by atomic mass is 31.2. The van der Waals surface area contributed by atoms with Crippen molar-refractivity contribution in [2.24, 2.45) is 0 Å². The number of fused-ring (bicyclic) bond motifs is 2. The summed E-state index contributed by atoms with van der Waals surface area (Å²) in [5.74, 6) is -1.36. The normalized spacial score (nSPS) is 14.2. The van der Waals surface area contributed by atoms with Gasteiger partial charge in [-0.05, 0) is 68.3 Å². The van der Waals surface area contributed by atoms with E-state index in [2.05, 4.69) is 9.97 Å². The summed E-state index contributed by atoms with van der Waals surface area (Å²) in [4.78, 5) is 28.4. The molecule has 40 heavy (non-hydrogen) atoms. The molecular formula is C28H36N2O8P2. The van der Waals surface area contributed by atoms with E-state index in [0.29, 0.717) is 37.8 Å². The monoisotopic (exact) mass is 590 g/mol. The fourth-order valence-electron chi connectivity index (χ4n) is 4.30. The second-order valence-corrected chi connectivity index (χ2v) is 14.6. The molecule has 0 aliphatic heterocycles. The molecule has 4 aromatic rings. The lowest BCUT2D eigenvalue weighted by atomic mass is 10.2. The van der Waals surface area contributed by atoms with Crippen molar-refractivity contribution in [1.29, 1.82) is 0 Å². The average molecular weight is 591 g/mol. The van der Waals surface area contributed by atoms with Gasteiger partial charge < -0.3 is 28.9 Å². The number of carbonyl (C=O) groups is 2. The van der Waals surface area contributed by atoms with Crippen molar-refractivity contribution in [2.75, 3.05) is 33.2 Å². The van der Waals surface area contributed by atoms with Crippen LogP contribution < -0.4 is 0 Å². The first kappa shape index (κ1) is 31.4. The maximum atomic E-state index is 12.2. The summed E-state index contributed by atoms with van der Waals surface area (Å²) in [6.07, 6.45) is 0.737. The first-order valence-corrected chi connectivity index (χ1v) is 17.4. The highest BCUT2D eigenvalue weighted by molar-refractivity contribution is 7.57. The largest absolute Gasteiger partial charge is 0.477 e. The molecule has 0 bridgehead atoms. The molecule has 0 amide bonds. The number of ether oxygens (including phenoxy) is 1. The van der Waals surface area contributed by atoms with Crippen molar-refractivity contribution < 1.29 is 37.6 Å². The highest BCUT2D eigenvalue weighted by Gasteiger charge is 2.18. The molecule has 2 aromatic carbocycles. The Morgan fingerprint density at radius 3 is 1.60 bits per heavy atom. The van der Waals surface area contributed by atoms with E-state index < -0.39 is 20.7 Å². The maximum absolute atomic E-state index is 12.2. The van der Waals surface area contributed by atoms with Crippen LogP contribution in [0.3, 0.4) is 0 Å². The number of aromatic nitrogens is 2. The summed E-state index contributed by atoms with van der Waals surface area (Å²) in [7, 11) is -5.25. The van der Waals surface area contributed by atoms with E-state index in [1.54, 1.807) is 38.5 Å². The zero-order valence-electron chi connectivity index (χ0n) is 23.4. The number of benzene rings is 2. The van der Waals surface area contributed by atoms with E-state index in [1.165, 1.54) is 0 Å². The van der Waals surface area contributed by atoms with Gasteiger partial charge in [0, 0.05) is 47.5 Å². The fourth-order valence-corrected chi connectivity index (χ4v) is 7.29. The number of nitrogens with one attached hydrogen (secondary N) is 2. The molecule has 216 valence electrons. The summed E-state index contributed by atoms with van der Waals surface area (Å²) < 4.78 is 39.8. The predicted octanol–water partition coefficient (Wildman–Crippen LogP) is 7.10. The van der Waals surface area contributed by atoms with E-state index >= 15 is 0 Å². The van der Waals surface area contributed by atoms with Crippen LogP contribution in [-0.4, -0.2) is 60.2 Å². The molecule has 2 heterocycles. The Hall–Kier alpha value is -3.16. The van der Waals surface area contributed by atoms with Gasteiger partial charge in [0.1, 0.15) is 11.4 Å². The van der Waals surface area contributed by atoms with Gasteiger partial charge in [0.15, 0.2) is 0 Å². The molecular weight excluding hydrogens is 554 g/mol. The summed E-state index contributed by atoms with van der Waals surface area (Å²) in [5, 5.41) is 10.6. The Labute approximate surface area is 233 Å². The SMILES string of the molecule is CCOC(=O)c1cc2cc(CP(C)(=O)OCC)ccc2[nH]1.CCOP(C)(=O)Cc1ccc2[nH]c(C(=O)O)cc2c1. The molecule has 2 unspecified atom stereocenters. The number of H-pyrrole nitrogens is 2. The molecule has 0 aliphatic carbocycles. The van der Waals surface area contributed by atoms with Gasteiger partial charge in [-0.3, -0.25) is 9.13 Å². The maximum Gasteiger partial charge on any atom is 0.354 e. The molecule has 2 aromatic heterocycles. The number of hydrogen-bond acceptors (Lipinski definition) is 7. The molecule has 3 N–H and O–H groups in total. The third-order valence-corrected chi connectivity index (χ3v) is 9.33. The molecule has 0 spiro atoms. The van der Waals surface area contributed by atoms with Crippen molar-refractivity contribution in [3.63, 3.8) is 0 Å². The zero-order valence-corrected chi connectivity index (χ0v) is 25.1. The van der Waals surface area contributed by atoms with E-state index in [-0.39, 0.29) is 11.7 Å². The number of carbonyl (C=O) groups excluding carboxylic acids is 1. The van der Waals surface area contributed by atoms with Crippen molar-refractivity contribution in [3.8, 4) is 0 Å². The van der Waals surface area contributed by atoms with Crippen molar-refractivity contribution in [2.45, 2.75) is 33.1 Å². The fraction of sp³-hybridized carbons (Fsp3) is 0.357. The van der Waals surface area contributed by atoms with Crippen molar-refractivity contribution >= 4 is 48.5 Å². The smallest absolute Gasteiger partial charge is 0.354 e. The summed E-state index contributed by atoms with van der Waals surface area (Å²) in [5.41, 5.74) is 3.98. The first-order valence-electron chi connectivity index (χ1n) is 12.9. The number of carboxylic acids is 1. The van der Waals surface area contributed by atoms with Crippen LogP contribution in [0.15, 0.2) is 48.5 Å². The molecule has 0 fully saturated rings. The Bertz CT molecular complexity index is 1590. The van der Waals surface area contributed by atoms with Crippen LogP contribution in [0.2, 0.25) is 0 Å². The van der Waals surface area contributed by atoms with Gasteiger partial charge in [0.2, 0.25) is 14.7 Å². The van der Waals surface area contributed by atoms with Crippen molar-refractivity contribution in [3.05, 3.63) is 71.0 Å². The molecule has 4 rings (SSSR count). The molecule has 0 radical (unpaired) electrons. The number of hydrogen-bond donors (Lipinski definition) is 3. The second kappa shape index (κ2) is 13.5. The standard InChI is InChI=1S/C15H20NO4P.C13H16NO4P/c1-4-19-15(17)14-9-12-8-11(6-7-13(12)16-14)10-21(3,18)20-5-2;1-3-18-19(2,17)8-9-4-5-11-10(6-9)7-12(14-11)13(15)16/h6-9,16H,4-5,10H2,1-3H3;4-7,14H,3,8H2,1-2H3,(H,15,16). The minimum atomic E-state index is -2.63. The van der Waals surface area contributed by atoms with Crippen LogP contribution in [0.25, 0.3) is 21.8 Å². The Balaban J connectivity index is 0.000000222. The van der Waals surface area contributed by atoms with Crippen LogP contribution in [-0.2, 0) is 35.2 Å². The van der Waals surface area contributed by atoms with Gasteiger partial charge in [-0.1, -0.05) is 12.1 Å². The van der Waals surface area contributed by atoms with E-state index in [9.17, 15) is 18.7 Å². The molecule has 12 heteroatoms. The van der Waals surface area contributed by atoms with Crippen LogP contribution in [0.5, 0.6) is 0 Å². The topological polar surface area (TPSA) is 148 Å². The lowest BCUT2D eigenvalue weighted by Crippen LogP contribution is -2.04. The average Bonchev–Trinajstić information content (AvgIpc) is 3.48. The predicted molar refractivity (Wildman–Crippen MR) is 157 cm³/mol. The zero-order chi connectivity index (χ0) is 29.5. The lowest BCUT2D eigenvalue weighted by Gasteiger charge is -2.12. The van der Waals surface area contributed by atoms with Gasteiger partial charge in [-0.2, -0.15) is 0 Å². The molecule has 0 saturated carbocycles. The Kier molecular flexibility index (Phi) is 10.6. The number of aromatic carboxylic acids is 1. The number of esters is 1. The minimum absolute atomic E-state index is 0.150. The molecule has 10 nitrogen and oxygen atoms in total. The lowest BCUT2D eigenvalue weighted by molar-refractivity contribution is 0.0520. The Morgan fingerprint density at radius 2 is 1.18 bits per heavy atom. The number of aromatic amines is 2. The van der Waals surface area contributed by atoms with Gasteiger partial charge >= 0.3 is 11.9 Å². The molecule has 2 atom stereocenters. The summed E-state index contributed by atoms with van der Waals surface area (Å²) in [6.45, 7) is 9.86. The third kappa shape index (κ3) is 8.67. The van der Waals surface area contributed by atoms with E-state index in [4.69, 9.17) is 18.9 Å². The quantitative estimate of drug-likeness (QED) is 0.124. The van der Waals surface area contributed by atoms with Gasteiger partial charge in [-0.15, -0.1) is 0 Å². The van der Waals surface area contributed by atoms with Crippen LogP contribution in [0.1, 0.15) is 52.9 Å². The summed E-state index contributed by atoms with van der Waals surface area (Å²) >= 11 is 0. The second-order valence-electron chi connectivity index (χ2n) is 9.41. The van der Waals surface area contributed by atoms with E-state index in [0.717, 1.165) is 32.9 Å². The highest BCUT2D eigenvalue weighted by Crippen LogP contribution is 2.47. The van der Waals surface area contributed by atoms with Crippen LogP contribution >= 0.6 is 14.7 Å². The van der Waals surface area contributed by atoms with Gasteiger partial charge in [-0.25, -0.2) is 9.59 Å². The first-order chi connectivity index (χ1) is 18.9. The van der Waals surface area contributed by atoms with Gasteiger partial charge in [0.25, 0.3) is 0 Å². The van der Waals surface area contributed by atoms with Crippen LogP contribution in [0.4, 0.5) is 0 Å².